The largest absolute Gasteiger partial charge is 0.371 e. The summed E-state index contributed by atoms with van der Waals surface area (Å²) in [7, 11) is 0. The van der Waals surface area contributed by atoms with Crippen molar-refractivity contribution in [2.75, 3.05) is 36.3 Å². The minimum absolute atomic E-state index is 0.243. The zero-order valence-electron chi connectivity index (χ0n) is 23.1. The first-order valence-electron chi connectivity index (χ1n) is 14.3. The summed E-state index contributed by atoms with van der Waals surface area (Å²) in [5, 5.41) is 16.2. The van der Waals surface area contributed by atoms with Crippen LogP contribution in [0, 0.1) is 0 Å². The van der Waals surface area contributed by atoms with E-state index in [0.717, 1.165) is 55.3 Å². The van der Waals surface area contributed by atoms with Crippen LogP contribution in [0.1, 0.15) is 18.1 Å². The van der Waals surface area contributed by atoms with Crippen molar-refractivity contribution in [2.24, 2.45) is 10.2 Å². The summed E-state index contributed by atoms with van der Waals surface area (Å²) < 4.78 is 13.3. The molecule has 0 bridgehead atoms. The third-order valence-corrected chi connectivity index (χ3v) is 7.59. The number of hydrogen-bond donors (Lipinski definition) is 0. The maximum atomic E-state index is 5.49. The van der Waals surface area contributed by atoms with E-state index in [2.05, 4.69) is 72.2 Å². The number of fused-ring (bicyclic) bond motifs is 3. The number of hydrogen-bond acceptors (Lipinski definition) is 6. The maximum absolute atomic E-state index is 5.49. The molecule has 2 aliphatic rings. The van der Waals surface area contributed by atoms with Gasteiger partial charge in [-0.05, 0) is 66.6 Å². The van der Waals surface area contributed by atoms with Crippen LogP contribution in [0.5, 0.6) is 0 Å². The second kappa shape index (κ2) is 11.2. The lowest BCUT2D eigenvalue weighted by Crippen LogP contribution is -2.22. The van der Waals surface area contributed by atoms with Gasteiger partial charge >= 0.3 is 0 Å². The first kappa shape index (κ1) is 25.5. The molecule has 2 unspecified atom stereocenters. The molecule has 7 nitrogen and oxygen atoms in total. The lowest BCUT2D eigenvalue weighted by Gasteiger charge is -2.17. The van der Waals surface area contributed by atoms with Gasteiger partial charge in [-0.3, -0.25) is 10.0 Å². The van der Waals surface area contributed by atoms with E-state index >= 15 is 0 Å². The van der Waals surface area contributed by atoms with Gasteiger partial charge in [0, 0.05) is 28.4 Å². The molecule has 2 fully saturated rings. The van der Waals surface area contributed by atoms with Gasteiger partial charge in [-0.15, -0.1) is 0 Å². The molecule has 7 rings (SSSR count). The maximum Gasteiger partial charge on any atom is 0.101 e. The molecule has 7 heteroatoms. The summed E-state index contributed by atoms with van der Waals surface area (Å²) >= 11 is 0. The van der Waals surface area contributed by atoms with Crippen molar-refractivity contribution in [1.29, 1.82) is 0 Å². The number of ether oxygens (including phenoxy) is 2. The van der Waals surface area contributed by atoms with Crippen molar-refractivity contribution in [3.63, 3.8) is 0 Å². The highest BCUT2D eigenvalue weighted by atomic mass is 16.6. The molecule has 1 aromatic heterocycles. The number of aryl methyl sites for hydroxylation is 1. The molecular weight excluding hydrogens is 510 g/mol. The SMILES string of the molecule is CCn1c2ccc(/C=N/N(CC3CO3)c3ccccc3)cc2c2cc(/C=N/N(CC3CO3)c3ccccc3)ccc21. The number of nitrogens with zero attached hydrogens (tertiary/aromatic N) is 5. The number of hydrazone groups is 2. The first-order valence-corrected chi connectivity index (χ1v) is 14.3. The average Bonchev–Trinajstić information content (AvgIpc) is 3.97. The number of epoxide rings is 2. The zero-order chi connectivity index (χ0) is 27.6. The molecule has 0 spiro atoms. The Balaban J connectivity index is 1.21. The van der Waals surface area contributed by atoms with Crippen LogP contribution >= 0.6 is 0 Å². The van der Waals surface area contributed by atoms with Gasteiger partial charge in [0.15, 0.2) is 0 Å². The quantitative estimate of drug-likeness (QED) is 0.112. The molecule has 0 amide bonds. The first-order chi connectivity index (χ1) is 20.2. The summed E-state index contributed by atoms with van der Waals surface area (Å²) in [6, 6.07) is 33.7. The van der Waals surface area contributed by atoms with E-state index in [0.29, 0.717) is 0 Å². The Labute approximate surface area is 239 Å². The number of benzene rings is 4. The molecule has 41 heavy (non-hydrogen) atoms. The van der Waals surface area contributed by atoms with Gasteiger partial charge < -0.3 is 14.0 Å². The molecule has 0 N–H and O–H groups in total. The number of para-hydroxylation sites is 2. The van der Waals surface area contributed by atoms with Gasteiger partial charge in [-0.25, -0.2) is 0 Å². The number of anilines is 2. The highest BCUT2D eigenvalue weighted by Crippen LogP contribution is 2.31. The minimum Gasteiger partial charge on any atom is -0.371 e. The molecule has 206 valence electrons. The normalized spacial score (nSPS) is 18.1. The van der Waals surface area contributed by atoms with Crippen molar-refractivity contribution in [1.82, 2.24) is 4.57 Å². The van der Waals surface area contributed by atoms with Crippen LogP contribution in [-0.2, 0) is 16.0 Å². The summed E-state index contributed by atoms with van der Waals surface area (Å²) in [6.07, 6.45) is 4.39. The Morgan fingerprint density at radius 3 is 1.51 bits per heavy atom. The van der Waals surface area contributed by atoms with Gasteiger partial charge in [0.25, 0.3) is 0 Å². The van der Waals surface area contributed by atoms with Crippen LogP contribution in [0.15, 0.2) is 107 Å². The van der Waals surface area contributed by atoms with E-state index < -0.39 is 0 Å². The van der Waals surface area contributed by atoms with Crippen molar-refractivity contribution < 1.29 is 9.47 Å². The van der Waals surface area contributed by atoms with Crippen LogP contribution in [0.3, 0.4) is 0 Å². The Kier molecular flexibility index (Phi) is 6.96. The highest BCUT2D eigenvalue weighted by molar-refractivity contribution is 6.11. The van der Waals surface area contributed by atoms with E-state index in [4.69, 9.17) is 19.7 Å². The van der Waals surface area contributed by atoms with Gasteiger partial charge in [0.05, 0.1) is 50.1 Å². The lowest BCUT2D eigenvalue weighted by molar-refractivity contribution is 0.408. The minimum atomic E-state index is 0.243. The molecule has 2 aliphatic heterocycles. The van der Waals surface area contributed by atoms with E-state index in [1.54, 1.807) is 0 Å². The number of aromatic nitrogens is 1. The van der Waals surface area contributed by atoms with Crippen LogP contribution in [0.25, 0.3) is 21.8 Å². The predicted molar refractivity (Wildman–Crippen MR) is 167 cm³/mol. The molecule has 2 saturated heterocycles. The highest BCUT2D eigenvalue weighted by Gasteiger charge is 2.26. The fourth-order valence-corrected chi connectivity index (χ4v) is 5.28. The molecular formula is C34H33N5O2. The topological polar surface area (TPSA) is 61.2 Å². The Morgan fingerprint density at radius 1 is 0.683 bits per heavy atom. The van der Waals surface area contributed by atoms with E-state index in [1.807, 2.05) is 58.8 Å². The molecule has 0 saturated carbocycles. The van der Waals surface area contributed by atoms with Gasteiger partial charge in [0.1, 0.15) is 12.2 Å². The summed E-state index contributed by atoms with van der Waals surface area (Å²) in [5.41, 5.74) is 6.68. The van der Waals surface area contributed by atoms with Crippen molar-refractivity contribution in [3.8, 4) is 0 Å². The Hall–Kier alpha value is -4.46. The fourth-order valence-electron chi connectivity index (χ4n) is 5.28. The monoisotopic (exact) mass is 543 g/mol. The van der Waals surface area contributed by atoms with E-state index in [1.165, 1.54) is 21.8 Å². The van der Waals surface area contributed by atoms with Gasteiger partial charge in [-0.2, -0.15) is 10.2 Å². The molecule has 0 aliphatic carbocycles. The zero-order valence-corrected chi connectivity index (χ0v) is 23.1. The Bertz CT molecular complexity index is 1580. The lowest BCUT2D eigenvalue weighted by atomic mass is 10.1. The van der Waals surface area contributed by atoms with Crippen molar-refractivity contribution in [2.45, 2.75) is 25.7 Å². The second-order valence-electron chi connectivity index (χ2n) is 10.5. The molecule has 2 atom stereocenters. The molecule has 3 heterocycles. The van der Waals surface area contributed by atoms with Crippen LogP contribution in [0.2, 0.25) is 0 Å². The predicted octanol–water partition coefficient (Wildman–Crippen LogP) is 6.29. The summed E-state index contributed by atoms with van der Waals surface area (Å²) in [6.45, 7) is 6.17. The third-order valence-electron chi connectivity index (χ3n) is 7.59. The van der Waals surface area contributed by atoms with Crippen LogP contribution < -0.4 is 10.0 Å². The van der Waals surface area contributed by atoms with Gasteiger partial charge in [0.2, 0.25) is 0 Å². The molecule has 5 aromatic rings. The Morgan fingerprint density at radius 2 is 1.12 bits per heavy atom. The smallest absolute Gasteiger partial charge is 0.101 e. The van der Waals surface area contributed by atoms with Crippen LogP contribution in [0.4, 0.5) is 11.4 Å². The van der Waals surface area contributed by atoms with E-state index in [9.17, 15) is 0 Å². The van der Waals surface area contributed by atoms with Crippen molar-refractivity contribution >= 4 is 45.6 Å². The standard InChI is InChI=1S/C34H33N5O2/c1-2-37-33-15-13-25(19-35-38(21-29-23-40-29)27-9-5-3-6-10-27)17-31(33)32-18-26(14-16-34(32)37)20-36-39(22-30-24-41-30)28-11-7-4-8-12-28/h3-20,29-30H,2,21-24H2,1H3/b35-19+,36-20+. The van der Waals surface area contributed by atoms with Crippen molar-refractivity contribution in [3.05, 3.63) is 108 Å². The average molecular weight is 544 g/mol. The molecule has 4 aromatic carbocycles. The fraction of sp³-hybridized carbons (Fsp3) is 0.235. The van der Waals surface area contributed by atoms with E-state index in [-0.39, 0.29) is 12.2 Å². The summed E-state index contributed by atoms with van der Waals surface area (Å²) in [5.74, 6) is 0. The van der Waals surface area contributed by atoms with Crippen LogP contribution in [-0.4, -0.2) is 55.5 Å². The second-order valence-corrected chi connectivity index (χ2v) is 10.5. The number of rotatable bonds is 11. The van der Waals surface area contributed by atoms with Gasteiger partial charge in [-0.1, -0.05) is 48.5 Å². The third kappa shape index (κ3) is 5.73. The molecule has 0 radical (unpaired) electrons. The summed E-state index contributed by atoms with van der Waals surface area (Å²) in [4.78, 5) is 0.